The van der Waals surface area contributed by atoms with Crippen LogP contribution in [0.25, 0.3) is 0 Å². The normalized spacial score (nSPS) is 18.4. The number of nitrogens with zero attached hydrogens (tertiary/aromatic N) is 1. The lowest BCUT2D eigenvalue weighted by Crippen LogP contribution is -2.34. The van der Waals surface area contributed by atoms with Crippen molar-refractivity contribution in [2.45, 2.75) is 17.9 Å². The lowest BCUT2D eigenvalue weighted by Gasteiger charge is -2.24. The number of sulfonamides is 1. The molecule has 0 spiro atoms. The molecule has 0 aromatic heterocycles. The monoisotopic (exact) mass is 300 g/mol. The predicted molar refractivity (Wildman–Crippen MR) is 72.1 cm³/mol. The summed E-state index contributed by atoms with van der Waals surface area (Å²) in [6, 6.07) is 4.26. The number of hydrogen-bond donors (Lipinski definition) is 2. The van der Waals surface area contributed by atoms with Crippen molar-refractivity contribution in [3.05, 3.63) is 18.2 Å². The molecule has 2 N–H and O–H groups in total. The molecule has 0 fully saturated rings. The largest absolute Gasteiger partial charge is 0.479 e. The number of benzene rings is 1. The number of carbonyl (C=O) groups excluding carboxylic acids is 1. The Hall–Kier alpha value is -1.64. The number of aliphatic hydroxyl groups excluding tert-OH is 1. The molecule has 1 heterocycles. The van der Waals surface area contributed by atoms with Gasteiger partial charge < -0.3 is 15.2 Å². The van der Waals surface area contributed by atoms with Crippen LogP contribution in [0.15, 0.2) is 23.1 Å². The molecule has 0 radical (unpaired) electrons. The van der Waals surface area contributed by atoms with Crippen molar-refractivity contribution in [1.82, 2.24) is 4.31 Å². The van der Waals surface area contributed by atoms with Gasteiger partial charge in [0.25, 0.3) is 5.91 Å². The Morgan fingerprint density at radius 1 is 1.45 bits per heavy atom. The van der Waals surface area contributed by atoms with Gasteiger partial charge in [-0.2, -0.15) is 4.31 Å². The number of nitrogens with one attached hydrogen (secondary N) is 1. The van der Waals surface area contributed by atoms with E-state index >= 15 is 0 Å². The number of rotatable bonds is 4. The Kier molecular flexibility index (Phi) is 3.98. The van der Waals surface area contributed by atoms with Gasteiger partial charge in [0.1, 0.15) is 5.75 Å². The van der Waals surface area contributed by atoms with Crippen LogP contribution in [0.5, 0.6) is 5.75 Å². The van der Waals surface area contributed by atoms with Crippen LogP contribution < -0.4 is 10.1 Å². The number of likely N-dealkylation sites (N-methyl/N-ethyl adjacent to an activating group) is 1. The summed E-state index contributed by atoms with van der Waals surface area (Å²) in [6.45, 7) is 1.34. The average molecular weight is 300 g/mol. The Labute approximate surface area is 117 Å². The summed E-state index contributed by atoms with van der Waals surface area (Å²) in [6.07, 6.45) is -0.609. The van der Waals surface area contributed by atoms with Gasteiger partial charge in [0.05, 0.1) is 17.2 Å². The first-order valence-electron chi connectivity index (χ1n) is 6.05. The maximum atomic E-state index is 12.2. The molecule has 1 amide bonds. The van der Waals surface area contributed by atoms with Crippen LogP contribution in [0.4, 0.5) is 5.69 Å². The number of fused-ring (bicyclic) bond motifs is 1. The second-order valence-electron chi connectivity index (χ2n) is 4.46. The first-order valence-corrected chi connectivity index (χ1v) is 7.49. The van der Waals surface area contributed by atoms with E-state index < -0.39 is 16.1 Å². The molecule has 1 atom stereocenters. The van der Waals surface area contributed by atoms with Gasteiger partial charge in [-0.05, 0) is 25.1 Å². The molecule has 20 heavy (non-hydrogen) atoms. The zero-order valence-corrected chi connectivity index (χ0v) is 12.0. The number of aliphatic hydroxyl groups is 1. The van der Waals surface area contributed by atoms with E-state index in [0.717, 1.165) is 4.31 Å². The van der Waals surface area contributed by atoms with E-state index in [0.29, 0.717) is 11.4 Å². The molecule has 1 aliphatic rings. The van der Waals surface area contributed by atoms with Gasteiger partial charge in [-0.25, -0.2) is 8.42 Å². The quantitative estimate of drug-likeness (QED) is 0.817. The van der Waals surface area contributed by atoms with E-state index in [9.17, 15) is 13.2 Å². The first-order chi connectivity index (χ1) is 9.36. The SMILES string of the molecule is C[C@@H]1Oc2ccc(S(=O)(=O)N(C)CCO)cc2NC1=O. The molecule has 0 saturated carbocycles. The third-order valence-electron chi connectivity index (χ3n) is 3.00. The third-order valence-corrected chi connectivity index (χ3v) is 4.86. The number of amides is 1. The average Bonchev–Trinajstić information content (AvgIpc) is 2.39. The fraction of sp³-hybridized carbons (Fsp3) is 0.417. The molecule has 0 bridgehead atoms. The Morgan fingerprint density at radius 3 is 2.80 bits per heavy atom. The highest BCUT2D eigenvalue weighted by Gasteiger charge is 2.27. The second kappa shape index (κ2) is 5.39. The number of hydrogen-bond acceptors (Lipinski definition) is 5. The standard InChI is InChI=1S/C12H16N2O5S/c1-8-12(16)13-10-7-9(3-4-11(10)19-8)20(17,18)14(2)5-6-15/h3-4,7-8,15H,5-6H2,1-2H3,(H,13,16)/t8-/m0/s1. The van der Waals surface area contributed by atoms with Crippen molar-refractivity contribution in [2.24, 2.45) is 0 Å². The van der Waals surface area contributed by atoms with Crippen LogP contribution in [0.2, 0.25) is 0 Å². The van der Waals surface area contributed by atoms with Gasteiger partial charge in [0, 0.05) is 13.6 Å². The molecule has 8 heteroatoms. The summed E-state index contributed by atoms with van der Waals surface area (Å²) in [7, 11) is -2.32. The molecule has 0 saturated heterocycles. The van der Waals surface area contributed by atoms with E-state index in [1.54, 1.807) is 6.92 Å². The van der Waals surface area contributed by atoms with Crippen LogP contribution in [0.3, 0.4) is 0 Å². The van der Waals surface area contributed by atoms with E-state index in [4.69, 9.17) is 9.84 Å². The Balaban J connectivity index is 2.37. The molecule has 0 unspecified atom stereocenters. The van der Waals surface area contributed by atoms with E-state index in [-0.39, 0.29) is 24.0 Å². The van der Waals surface area contributed by atoms with Crippen molar-refractivity contribution >= 4 is 21.6 Å². The van der Waals surface area contributed by atoms with Crippen molar-refractivity contribution in [3.8, 4) is 5.75 Å². The molecule has 7 nitrogen and oxygen atoms in total. The lowest BCUT2D eigenvalue weighted by molar-refractivity contribution is -0.122. The summed E-state index contributed by atoms with van der Waals surface area (Å²) >= 11 is 0. The summed E-state index contributed by atoms with van der Waals surface area (Å²) in [5.41, 5.74) is 0.326. The van der Waals surface area contributed by atoms with Gasteiger partial charge in [-0.15, -0.1) is 0 Å². The van der Waals surface area contributed by atoms with E-state index in [2.05, 4.69) is 5.32 Å². The third kappa shape index (κ3) is 2.62. The summed E-state index contributed by atoms with van der Waals surface area (Å²) < 4.78 is 30.8. The number of carbonyl (C=O) groups is 1. The van der Waals surface area contributed by atoms with E-state index in [1.807, 2.05) is 0 Å². The smallest absolute Gasteiger partial charge is 0.265 e. The van der Waals surface area contributed by atoms with Crippen molar-refractivity contribution < 1.29 is 23.1 Å². The van der Waals surface area contributed by atoms with Crippen molar-refractivity contribution in [2.75, 3.05) is 25.5 Å². The molecular formula is C12H16N2O5S. The molecule has 1 aromatic carbocycles. The van der Waals surface area contributed by atoms with Gasteiger partial charge in [0.15, 0.2) is 6.10 Å². The minimum Gasteiger partial charge on any atom is -0.479 e. The summed E-state index contributed by atoms with van der Waals surface area (Å²) in [4.78, 5) is 11.6. The summed E-state index contributed by atoms with van der Waals surface area (Å²) in [5.74, 6) is 0.108. The van der Waals surface area contributed by atoms with Gasteiger partial charge >= 0.3 is 0 Å². The minimum absolute atomic E-state index is 0.000683. The molecule has 2 rings (SSSR count). The lowest BCUT2D eigenvalue weighted by atomic mass is 10.2. The van der Waals surface area contributed by atoms with Crippen molar-refractivity contribution in [3.63, 3.8) is 0 Å². The number of ether oxygens (including phenoxy) is 1. The van der Waals surface area contributed by atoms with Gasteiger partial charge in [-0.3, -0.25) is 4.79 Å². The zero-order valence-electron chi connectivity index (χ0n) is 11.2. The Morgan fingerprint density at radius 2 is 2.15 bits per heavy atom. The van der Waals surface area contributed by atoms with Crippen LogP contribution >= 0.6 is 0 Å². The predicted octanol–water partition coefficient (Wildman–Crippen LogP) is 0.0188. The first kappa shape index (κ1) is 14.8. The highest BCUT2D eigenvalue weighted by molar-refractivity contribution is 7.89. The van der Waals surface area contributed by atoms with Crippen molar-refractivity contribution in [1.29, 1.82) is 0 Å². The maximum Gasteiger partial charge on any atom is 0.265 e. The fourth-order valence-corrected chi connectivity index (χ4v) is 2.98. The molecule has 0 aliphatic carbocycles. The Bertz CT molecular complexity index is 629. The van der Waals surface area contributed by atoms with Crippen LogP contribution in [-0.4, -0.2) is 50.0 Å². The molecule has 1 aliphatic heterocycles. The topological polar surface area (TPSA) is 95.9 Å². The molecule has 1 aromatic rings. The maximum absolute atomic E-state index is 12.2. The van der Waals surface area contributed by atoms with Crippen LogP contribution in [-0.2, 0) is 14.8 Å². The number of anilines is 1. The zero-order chi connectivity index (χ0) is 14.9. The highest BCUT2D eigenvalue weighted by Crippen LogP contribution is 2.32. The molecular weight excluding hydrogens is 284 g/mol. The fourth-order valence-electron chi connectivity index (χ4n) is 1.79. The minimum atomic E-state index is -3.70. The summed E-state index contributed by atoms with van der Waals surface area (Å²) in [5, 5.41) is 11.4. The van der Waals surface area contributed by atoms with Crippen LogP contribution in [0.1, 0.15) is 6.92 Å². The molecule has 110 valence electrons. The highest BCUT2D eigenvalue weighted by atomic mass is 32.2. The van der Waals surface area contributed by atoms with E-state index in [1.165, 1.54) is 25.2 Å². The van der Waals surface area contributed by atoms with Gasteiger partial charge in [0.2, 0.25) is 10.0 Å². The van der Waals surface area contributed by atoms with Gasteiger partial charge in [-0.1, -0.05) is 0 Å². The van der Waals surface area contributed by atoms with Crippen LogP contribution in [0, 0.1) is 0 Å². The second-order valence-corrected chi connectivity index (χ2v) is 6.50.